The minimum absolute atomic E-state index is 0.683. The summed E-state index contributed by atoms with van der Waals surface area (Å²) in [7, 11) is 4.18. The molecular formula is C14H20BrN3. The fourth-order valence-electron chi connectivity index (χ4n) is 1.84. The van der Waals surface area contributed by atoms with Gasteiger partial charge in [0.15, 0.2) is 0 Å². The maximum Gasteiger partial charge on any atom is 0.100 e. The van der Waals surface area contributed by atoms with Crippen LogP contribution in [0.5, 0.6) is 0 Å². The van der Waals surface area contributed by atoms with Gasteiger partial charge in [0.05, 0.1) is 5.56 Å². The predicted molar refractivity (Wildman–Crippen MR) is 79.9 cm³/mol. The van der Waals surface area contributed by atoms with E-state index >= 15 is 0 Å². The highest BCUT2D eigenvalue weighted by atomic mass is 79.9. The first-order valence-electron chi connectivity index (χ1n) is 6.17. The zero-order valence-corrected chi connectivity index (χ0v) is 12.9. The molecule has 0 radical (unpaired) electrons. The quantitative estimate of drug-likeness (QED) is 0.809. The van der Waals surface area contributed by atoms with E-state index in [9.17, 15) is 0 Å². The van der Waals surface area contributed by atoms with Crippen LogP contribution in [-0.2, 0) is 0 Å². The zero-order valence-electron chi connectivity index (χ0n) is 11.3. The summed E-state index contributed by atoms with van der Waals surface area (Å²) >= 11 is 3.44. The standard InChI is InChI=1S/C14H20BrN3/c1-4-18(9-5-8-17(2)3)13-7-6-12(11-16)14(15)10-13/h6-7,10H,4-5,8-9H2,1-3H3. The van der Waals surface area contributed by atoms with E-state index in [2.05, 4.69) is 52.8 Å². The Balaban J connectivity index is 2.70. The number of nitriles is 1. The van der Waals surface area contributed by atoms with Crippen molar-refractivity contribution in [2.45, 2.75) is 13.3 Å². The molecule has 1 aromatic carbocycles. The van der Waals surface area contributed by atoms with E-state index in [1.54, 1.807) is 0 Å². The fraction of sp³-hybridized carbons (Fsp3) is 0.500. The number of hydrogen-bond donors (Lipinski definition) is 0. The summed E-state index contributed by atoms with van der Waals surface area (Å²) in [6, 6.07) is 8.08. The van der Waals surface area contributed by atoms with Gasteiger partial charge in [-0.05, 0) is 68.1 Å². The second-order valence-corrected chi connectivity index (χ2v) is 5.37. The molecule has 0 unspecified atom stereocenters. The van der Waals surface area contributed by atoms with Crippen molar-refractivity contribution in [3.05, 3.63) is 28.2 Å². The molecule has 0 spiro atoms. The van der Waals surface area contributed by atoms with Crippen LogP contribution >= 0.6 is 15.9 Å². The maximum atomic E-state index is 8.91. The van der Waals surface area contributed by atoms with Gasteiger partial charge in [-0.15, -0.1) is 0 Å². The van der Waals surface area contributed by atoms with Crippen LogP contribution in [0, 0.1) is 11.3 Å². The summed E-state index contributed by atoms with van der Waals surface area (Å²) in [5.41, 5.74) is 1.85. The molecule has 0 bridgehead atoms. The summed E-state index contributed by atoms with van der Waals surface area (Å²) < 4.78 is 0.869. The van der Waals surface area contributed by atoms with Gasteiger partial charge in [-0.1, -0.05) is 0 Å². The first kappa shape index (κ1) is 15.0. The molecule has 0 aromatic heterocycles. The average molecular weight is 310 g/mol. The number of nitrogens with zero attached hydrogens (tertiary/aromatic N) is 3. The zero-order chi connectivity index (χ0) is 13.5. The Morgan fingerprint density at radius 2 is 2.00 bits per heavy atom. The molecule has 4 heteroatoms. The van der Waals surface area contributed by atoms with Gasteiger partial charge < -0.3 is 9.80 Å². The van der Waals surface area contributed by atoms with Crippen LogP contribution in [-0.4, -0.2) is 38.6 Å². The molecule has 0 atom stereocenters. The minimum Gasteiger partial charge on any atom is -0.372 e. The second kappa shape index (κ2) is 7.40. The van der Waals surface area contributed by atoms with E-state index < -0.39 is 0 Å². The van der Waals surface area contributed by atoms with Gasteiger partial charge in [0.2, 0.25) is 0 Å². The lowest BCUT2D eigenvalue weighted by molar-refractivity contribution is 0.400. The van der Waals surface area contributed by atoms with E-state index in [0.29, 0.717) is 5.56 Å². The van der Waals surface area contributed by atoms with Crippen molar-refractivity contribution in [3.63, 3.8) is 0 Å². The Hall–Kier alpha value is -1.05. The number of rotatable bonds is 6. The molecule has 3 nitrogen and oxygen atoms in total. The van der Waals surface area contributed by atoms with E-state index in [1.165, 1.54) is 5.69 Å². The van der Waals surface area contributed by atoms with Crippen LogP contribution in [0.4, 0.5) is 5.69 Å². The lowest BCUT2D eigenvalue weighted by atomic mass is 10.2. The van der Waals surface area contributed by atoms with Gasteiger partial charge in [-0.25, -0.2) is 0 Å². The normalized spacial score (nSPS) is 10.4. The Morgan fingerprint density at radius 1 is 1.28 bits per heavy atom. The molecule has 0 aliphatic heterocycles. The molecule has 0 amide bonds. The Morgan fingerprint density at radius 3 is 2.50 bits per heavy atom. The van der Waals surface area contributed by atoms with Crippen molar-refractivity contribution in [2.24, 2.45) is 0 Å². The van der Waals surface area contributed by atoms with Crippen molar-refractivity contribution in [3.8, 4) is 6.07 Å². The summed E-state index contributed by atoms with van der Waals surface area (Å²) in [5, 5.41) is 8.91. The van der Waals surface area contributed by atoms with Gasteiger partial charge in [0, 0.05) is 23.2 Å². The van der Waals surface area contributed by atoms with Crippen LogP contribution in [0.3, 0.4) is 0 Å². The van der Waals surface area contributed by atoms with Crippen LogP contribution in [0.25, 0.3) is 0 Å². The predicted octanol–water partition coefficient (Wildman–Crippen LogP) is 3.10. The molecule has 0 aliphatic rings. The number of hydrogen-bond acceptors (Lipinski definition) is 3. The van der Waals surface area contributed by atoms with Gasteiger partial charge in [0.1, 0.15) is 6.07 Å². The van der Waals surface area contributed by atoms with E-state index in [-0.39, 0.29) is 0 Å². The third-order valence-corrected chi connectivity index (χ3v) is 3.51. The van der Waals surface area contributed by atoms with Gasteiger partial charge in [-0.3, -0.25) is 0 Å². The maximum absolute atomic E-state index is 8.91. The topological polar surface area (TPSA) is 30.3 Å². The van der Waals surface area contributed by atoms with Gasteiger partial charge in [-0.2, -0.15) is 5.26 Å². The summed E-state index contributed by atoms with van der Waals surface area (Å²) in [6.07, 6.45) is 1.14. The van der Waals surface area contributed by atoms with Crippen molar-refractivity contribution in [2.75, 3.05) is 38.6 Å². The highest BCUT2D eigenvalue weighted by molar-refractivity contribution is 9.10. The van der Waals surface area contributed by atoms with E-state index in [1.807, 2.05) is 18.2 Å². The van der Waals surface area contributed by atoms with Crippen molar-refractivity contribution >= 4 is 21.6 Å². The number of benzene rings is 1. The smallest absolute Gasteiger partial charge is 0.100 e. The summed E-state index contributed by atoms with van der Waals surface area (Å²) in [6.45, 7) is 5.26. The highest BCUT2D eigenvalue weighted by Crippen LogP contribution is 2.23. The van der Waals surface area contributed by atoms with E-state index in [0.717, 1.165) is 30.5 Å². The molecule has 0 heterocycles. The Labute approximate surface area is 118 Å². The third-order valence-electron chi connectivity index (χ3n) is 2.85. The SMILES string of the molecule is CCN(CCCN(C)C)c1ccc(C#N)c(Br)c1. The molecule has 0 saturated carbocycles. The summed E-state index contributed by atoms with van der Waals surface area (Å²) in [4.78, 5) is 4.53. The van der Waals surface area contributed by atoms with Crippen LogP contribution < -0.4 is 4.90 Å². The molecule has 0 aliphatic carbocycles. The van der Waals surface area contributed by atoms with Crippen molar-refractivity contribution in [1.29, 1.82) is 5.26 Å². The molecule has 0 fully saturated rings. The molecule has 1 aromatic rings. The average Bonchev–Trinajstić information content (AvgIpc) is 2.34. The number of halogens is 1. The lowest BCUT2D eigenvalue weighted by Gasteiger charge is -2.24. The lowest BCUT2D eigenvalue weighted by Crippen LogP contribution is -2.27. The molecular weight excluding hydrogens is 290 g/mol. The molecule has 0 saturated heterocycles. The molecule has 18 heavy (non-hydrogen) atoms. The minimum atomic E-state index is 0.683. The van der Waals surface area contributed by atoms with Gasteiger partial charge >= 0.3 is 0 Å². The Bertz CT molecular complexity index is 424. The first-order valence-corrected chi connectivity index (χ1v) is 6.97. The molecule has 98 valence electrons. The van der Waals surface area contributed by atoms with Crippen LogP contribution in [0.15, 0.2) is 22.7 Å². The summed E-state index contributed by atoms with van der Waals surface area (Å²) in [5.74, 6) is 0. The highest BCUT2D eigenvalue weighted by Gasteiger charge is 2.07. The van der Waals surface area contributed by atoms with Gasteiger partial charge in [0.25, 0.3) is 0 Å². The molecule has 1 rings (SSSR count). The van der Waals surface area contributed by atoms with E-state index in [4.69, 9.17) is 5.26 Å². The molecule has 0 N–H and O–H groups in total. The van der Waals surface area contributed by atoms with Crippen LogP contribution in [0.1, 0.15) is 18.9 Å². The number of anilines is 1. The van der Waals surface area contributed by atoms with Crippen molar-refractivity contribution in [1.82, 2.24) is 4.90 Å². The first-order chi connectivity index (χ1) is 8.58. The monoisotopic (exact) mass is 309 g/mol. The van der Waals surface area contributed by atoms with Crippen LogP contribution in [0.2, 0.25) is 0 Å². The Kier molecular flexibility index (Phi) is 6.17. The van der Waals surface area contributed by atoms with Crippen molar-refractivity contribution < 1.29 is 0 Å². The third kappa shape index (κ3) is 4.32. The largest absolute Gasteiger partial charge is 0.372 e. The second-order valence-electron chi connectivity index (χ2n) is 4.51. The fourth-order valence-corrected chi connectivity index (χ4v) is 2.29.